The summed E-state index contributed by atoms with van der Waals surface area (Å²) in [7, 11) is 0. The molecule has 0 aliphatic carbocycles. The van der Waals surface area contributed by atoms with Crippen molar-refractivity contribution in [2.75, 3.05) is 6.61 Å². The number of carbonyl (C=O) groups excluding carboxylic acids is 1. The molecule has 0 heterocycles. The van der Waals surface area contributed by atoms with Crippen LogP contribution >= 0.6 is 0 Å². The van der Waals surface area contributed by atoms with Gasteiger partial charge in [-0.15, -0.1) is 0 Å². The molecule has 0 unspecified atom stereocenters. The van der Waals surface area contributed by atoms with Gasteiger partial charge in [-0.3, -0.25) is 4.79 Å². The maximum absolute atomic E-state index is 9.98. The van der Waals surface area contributed by atoms with Crippen LogP contribution in [-0.4, -0.2) is 13.1 Å². The lowest BCUT2D eigenvalue weighted by Gasteiger charge is -2.06. The summed E-state index contributed by atoms with van der Waals surface area (Å²) in [4.78, 5) is 9.98. The van der Waals surface area contributed by atoms with Crippen LogP contribution in [0.5, 0.6) is 0 Å². The summed E-state index contributed by atoms with van der Waals surface area (Å²) in [5, 5.41) is 2.69. The zero-order valence-corrected chi connectivity index (χ0v) is 11.2. The normalized spacial score (nSPS) is 10.5. The van der Waals surface area contributed by atoms with Crippen molar-refractivity contribution in [2.24, 2.45) is 0 Å². The Morgan fingerprint density at radius 3 is 2.58 bits per heavy atom. The molecule has 0 spiro atoms. The molecule has 100 valence electrons. The molecule has 2 aromatic carbocycles. The summed E-state index contributed by atoms with van der Waals surface area (Å²) in [6, 6.07) is 15.1. The van der Waals surface area contributed by atoms with Gasteiger partial charge in [-0.25, -0.2) is 0 Å². The minimum absolute atomic E-state index is 0.524. The minimum atomic E-state index is 0.524. The maximum atomic E-state index is 9.98. The summed E-state index contributed by atoms with van der Waals surface area (Å²) >= 11 is 0. The van der Waals surface area contributed by atoms with E-state index in [2.05, 4.69) is 47.2 Å². The lowest BCUT2D eigenvalue weighted by molar-refractivity contribution is -0.128. The molecule has 0 aromatic heterocycles. The van der Waals surface area contributed by atoms with Crippen molar-refractivity contribution in [1.82, 2.24) is 0 Å². The number of rotatable bonds is 8. The van der Waals surface area contributed by atoms with Gasteiger partial charge in [0.2, 0.25) is 0 Å². The number of fused-ring (bicyclic) bond motifs is 1. The van der Waals surface area contributed by atoms with Crippen molar-refractivity contribution in [3.05, 3.63) is 48.0 Å². The van der Waals surface area contributed by atoms with Crippen molar-refractivity contribution in [3.63, 3.8) is 0 Å². The summed E-state index contributed by atoms with van der Waals surface area (Å²) in [5.74, 6) is 0. The van der Waals surface area contributed by atoms with Crippen LogP contribution < -0.4 is 0 Å². The number of unbranched alkanes of at least 4 members (excludes halogenated alkanes) is 3. The van der Waals surface area contributed by atoms with Gasteiger partial charge < -0.3 is 4.74 Å². The SMILES string of the molecule is O=COCCCCCCc1cccc2ccccc12. The fourth-order valence-electron chi connectivity index (χ4n) is 2.41. The van der Waals surface area contributed by atoms with E-state index in [1.807, 2.05) is 0 Å². The molecular weight excluding hydrogens is 236 g/mol. The highest BCUT2D eigenvalue weighted by Crippen LogP contribution is 2.20. The van der Waals surface area contributed by atoms with Crippen LogP contribution in [0.4, 0.5) is 0 Å². The predicted octanol–water partition coefficient (Wildman–Crippen LogP) is 4.12. The van der Waals surface area contributed by atoms with Crippen molar-refractivity contribution in [2.45, 2.75) is 32.1 Å². The Morgan fingerprint density at radius 2 is 1.68 bits per heavy atom. The third kappa shape index (κ3) is 4.09. The zero-order chi connectivity index (χ0) is 13.3. The Bertz CT molecular complexity index is 514. The van der Waals surface area contributed by atoms with Crippen LogP contribution in [0.1, 0.15) is 31.2 Å². The van der Waals surface area contributed by atoms with Gasteiger partial charge in [0.25, 0.3) is 6.47 Å². The number of carbonyl (C=O) groups is 1. The van der Waals surface area contributed by atoms with Crippen molar-refractivity contribution in [1.29, 1.82) is 0 Å². The summed E-state index contributed by atoms with van der Waals surface area (Å²) in [6.07, 6.45) is 5.59. The quantitative estimate of drug-likeness (QED) is 0.524. The van der Waals surface area contributed by atoms with Crippen LogP contribution in [-0.2, 0) is 16.0 Å². The van der Waals surface area contributed by atoms with Gasteiger partial charge in [-0.1, -0.05) is 55.3 Å². The summed E-state index contributed by atoms with van der Waals surface area (Å²) < 4.78 is 4.68. The minimum Gasteiger partial charge on any atom is -0.468 e. The van der Waals surface area contributed by atoms with Gasteiger partial charge >= 0.3 is 0 Å². The largest absolute Gasteiger partial charge is 0.468 e. The molecular formula is C17H20O2. The first-order chi connectivity index (χ1) is 9.42. The zero-order valence-electron chi connectivity index (χ0n) is 11.2. The molecule has 0 saturated carbocycles. The first-order valence-corrected chi connectivity index (χ1v) is 6.94. The second-order valence-electron chi connectivity index (χ2n) is 4.77. The van der Waals surface area contributed by atoms with E-state index < -0.39 is 0 Å². The third-order valence-corrected chi connectivity index (χ3v) is 3.41. The van der Waals surface area contributed by atoms with Crippen LogP contribution in [0.25, 0.3) is 10.8 Å². The Balaban J connectivity index is 1.80. The Hall–Kier alpha value is -1.83. The number of hydrogen-bond acceptors (Lipinski definition) is 2. The van der Waals surface area contributed by atoms with Gasteiger partial charge in [-0.05, 0) is 35.6 Å². The molecule has 19 heavy (non-hydrogen) atoms. The number of benzene rings is 2. The first-order valence-electron chi connectivity index (χ1n) is 6.94. The Morgan fingerprint density at radius 1 is 0.895 bits per heavy atom. The number of ether oxygens (including phenoxy) is 1. The molecule has 0 aliphatic rings. The van der Waals surface area contributed by atoms with E-state index in [4.69, 9.17) is 0 Å². The van der Waals surface area contributed by atoms with Crippen molar-refractivity contribution < 1.29 is 9.53 Å². The number of hydrogen-bond donors (Lipinski definition) is 0. The molecule has 0 amide bonds. The van der Waals surface area contributed by atoms with E-state index in [9.17, 15) is 4.79 Å². The van der Waals surface area contributed by atoms with Gasteiger partial charge in [0.1, 0.15) is 0 Å². The summed E-state index contributed by atoms with van der Waals surface area (Å²) in [6.45, 7) is 1.08. The van der Waals surface area contributed by atoms with Crippen LogP contribution in [0.15, 0.2) is 42.5 Å². The van der Waals surface area contributed by atoms with E-state index >= 15 is 0 Å². The molecule has 0 fully saturated rings. The highest BCUT2D eigenvalue weighted by atomic mass is 16.5. The first kappa shape index (κ1) is 13.6. The van der Waals surface area contributed by atoms with Crippen LogP contribution in [0, 0.1) is 0 Å². The average molecular weight is 256 g/mol. The summed E-state index contributed by atoms with van der Waals surface area (Å²) in [5.41, 5.74) is 1.43. The van der Waals surface area contributed by atoms with Gasteiger partial charge in [0, 0.05) is 0 Å². The van der Waals surface area contributed by atoms with Crippen molar-refractivity contribution in [3.8, 4) is 0 Å². The molecule has 2 nitrogen and oxygen atoms in total. The van der Waals surface area contributed by atoms with Crippen LogP contribution in [0.3, 0.4) is 0 Å². The third-order valence-electron chi connectivity index (χ3n) is 3.41. The lowest BCUT2D eigenvalue weighted by atomic mass is 9.99. The second-order valence-corrected chi connectivity index (χ2v) is 4.77. The monoisotopic (exact) mass is 256 g/mol. The fraction of sp³-hybridized carbons (Fsp3) is 0.353. The van der Waals surface area contributed by atoms with E-state index in [1.54, 1.807) is 0 Å². The topological polar surface area (TPSA) is 26.3 Å². The Labute approximate surface area is 114 Å². The Kier molecular flexibility index (Phi) is 5.42. The fourth-order valence-corrected chi connectivity index (χ4v) is 2.41. The molecule has 2 heteroatoms. The molecule has 0 saturated heterocycles. The highest BCUT2D eigenvalue weighted by Gasteiger charge is 2.00. The molecule has 2 aromatic rings. The van der Waals surface area contributed by atoms with E-state index in [0.717, 1.165) is 19.3 Å². The van der Waals surface area contributed by atoms with Gasteiger partial charge in [0.05, 0.1) is 6.61 Å². The van der Waals surface area contributed by atoms with E-state index in [0.29, 0.717) is 13.1 Å². The molecule has 0 N–H and O–H groups in total. The molecule has 0 aliphatic heterocycles. The van der Waals surface area contributed by atoms with E-state index in [1.165, 1.54) is 29.2 Å². The molecule has 0 radical (unpaired) electrons. The van der Waals surface area contributed by atoms with E-state index in [-0.39, 0.29) is 0 Å². The highest BCUT2D eigenvalue weighted by molar-refractivity contribution is 5.85. The van der Waals surface area contributed by atoms with Gasteiger partial charge in [0.15, 0.2) is 0 Å². The predicted molar refractivity (Wildman–Crippen MR) is 78.1 cm³/mol. The number of aryl methyl sites for hydroxylation is 1. The molecule has 0 bridgehead atoms. The average Bonchev–Trinajstić information content (AvgIpc) is 2.46. The van der Waals surface area contributed by atoms with Crippen molar-refractivity contribution >= 4 is 17.2 Å². The second kappa shape index (κ2) is 7.57. The molecule has 0 atom stereocenters. The smallest absolute Gasteiger partial charge is 0.293 e. The lowest BCUT2D eigenvalue weighted by Crippen LogP contribution is -1.92. The van der Waals surface area contributed by atoms with Crippen LogP contribution in [0.2, 0.25) is 0 Å². The standard InChI is InChI=1S/C17H20O2/c18-14-19-13-6-2-1-3-8-15-10-7-11-16-9-4-5-12-17(15)16/h4-5,7,9-12,14H,1-3,6,8,13H2. The van der Waals surface area contributed by atoms with Gasteiger partial charge in [-0.2, -0.15) is 0 Å². The molecule has 2 rings (SSSR count). The maximum Gasteiger partial charge on any atom is 0.293 e.